The monoisotopic (exact) mass is 248 g/mol. The first-order valence-electron chi connectivity index (χ1n) is 4.28. The normalized spacial score (nSPS) is 10.7. The minimum atomic E-state index is -4.13. The van der Waals surface area contributed by atoms with Crippen molar-refractivity contribution in [3.05, 3.63) is 35.9 Å². The van der Waals surface area contributed by atoms with Gasteiger partial charge in [-0.15, -0.1) is 0 Å². The van der Waals surface area contributed by atoms with E-state index < -0.39 is 15.9 Å². The molecule has 0 fully saturated rings. The molecule has 1 rings (SSSR count). The Morgan fingerprint density at radius 1 is 1.13 bits per heavy atom. The van der Waals surface area contributed by atoms with E-state index >= 15 is 0 Å². The third kappa shape index (κ3) is 11.4. The van der Waals surface area contributed by atoms with E-state index in [-0.39, 0.29) is 0 Å². The fraction of sp³-hybridized carbons (Fsp3) is 0.400. The molecule has 0 N–H and O–H groups in total. The van der Waals surface area contributed by atoms with Crippen molar-refractivity contribution in [1.82, 2.24) is 0 Å². The Bertz CT molecular complexity index is 355. The van der Waals surface area contributed by atoms with Gasteiger partial charge in [-0.05, 0) is 16.5 Å². The summed E-state index contributed by atoms with van der Waals surface area (Å²) in [7, 11) is -3.49. The largest absolute Gasteiger partial charge is 0.748 e. The van der Waals surface area contributed by atoms with E-state index in [1.54, 1.807) is 30.3 Å². The van der Waals surface area contributed by atoms with Crippen molar-refractivity contribution in [2.75, 3.05) is 18.8 Å². The van der Waals surface area contributed by atoms with Crippen molar-refractivity contribution in [3.8, 4) is 0 Å². The molecule has 0 bridgehead atoms. The maximum atomic E-state index is 10.2. The van der Waals surface area contributed by atoms with Crippen LogP contribution in [0, 0.1) is 0 Å². The fourth-order valence-electron chi connectivity index (χ4n) is 0.778. The number of hydrogen-bond acceptors (Lipinski definition) is 3. The predicted molar refractivity (Wildman–Crippen MR) is 65.0 cm³/mol. The Balaban J connectivity index is 0.000000423. The second-order valence-corrected chi connectivity index (χ2v) is 7.27. The first-order chi connectivity index (χ1) is 6.81. The summed E-state index contributed by atoms with van der Waals surface area (Å²) in [5.74, 6) is -0.423. The zero-order chi connectivity index (χ0) is 11.9. The first-order valence-corrected chi connectivity index (χ1v) is 8.30. The van der Waals surface area contributed by atoms with Gasteiger partial charge in [-0.25, -0.2) is 8.42 Å². The highest BCUT2D eigenvalue weighted by Gasteiger charge is 1.95. The smallest absolute Gasteiger partial charge is 0.0988 e. The maximum Gasteiger partial charge on any atom is 0.0988 e. The van der Waals surface area contributed by atoms with Crippen molar-refractivity contribution in [2.24, 2.45) is 0 Å². The van der Waals surface area contributed by atoms with Gasteiger partial charge in [0, 0.05) is 0 Å². The van der Waals surface area contributed by atoms with Gasteiger partial charge < -0.3 is 4.55 Å². The van der Waals surface area contributed by atoms with Crippen molar-refractivity contribution in [2.45, 2.75) is 5.75 Å². The van der Waals surface area contributed by atoms with Crippen LogP contribution in [0.25, 0.3) is 0 Å². The molecular weight excluding hydrogens is 232 g/mol. The molecule has 0 spiro atoms. The van der Waals surface area contributed by atoms with E-state index in [9.17, 15) is 13.0 Å². The van der Waals surface area contributed by atoms with E-state index in [0.29, 0.717) is 16.5 Å². The highest BCUT2D eigenvalue weighted by atomic mass is 32.2. The zero-order valence-electron chi connectivity index (χ0n) is 9.14. The summed E-state index contributed by atoms with van der Waals surface area (Å²) in [6.45, 7) is 0. The summed E-state index contributed by atoms with van der Waals surface area (Å²) in [5, 5.41) is 0. The standard InChI is InChI=1S/C7H8O3S.C3H9S/c8-11(9,10)6-7-4-2-1-3-5-7;1-4(2)3/h1-5H,6H2,(H,8,9,10);1-3H3/q;+1/p-1. The lowest BCUT2D eigenvalue weighted by molar-refractivity contribution is 0.462. The molecule has 0 saturated heterocycles. The highest BCUT2D eigenvalue weighted by molar-refractivity contribution is 7.94. The Morgan fingerprint density at radius 3 is 1.87 bits per heavy atom. The van der Waals surface area contributed by atoms with Gasteiger partial charge in [0.2, 0.25) is 0 Å². The van der Waals surface area contributed by atoms with Crippen LogP contribution >= 0.6 is 0 Å². The summed E-state index contributed by atoms with van der Waals surface area (Å²) in [5.41, 5.74) is 0.530. The van der Waals surface area contributed by atoms with Crippen LogP contribution in [0.1, 0.15) is 5.56 Å². The molecule has 0 aliphatic carbocycles. The molecule has 5 heteroatoms. The Morgan fingerprint density at radius 2 is 1.53 bits per heavy atom. The topological polar surface area (TPSA) is 57.2 Å². The Kier molecular flexibility index (Phi) is 6.63. The van der Waals surface area contributed by atoms with Gasteiger partial charge in [-0.3, -0.25) is 0 Å². The number of hydrogen-bond donors (Lipinski definition) is 0. The van der Waals surface area contributed by atoms with Crippen molar-refractivity contribution >= 4 is 21.0 Å². The predicted octanol–water partition coefficient (Wildman–Crippen LogP) is 1.23. The number of benzene rings is 1. The van der Waals surface area contributed by atoms with E-state index in [0.717, 1.165) is 0 Å². The lowest BCUT2D eigenvalue weighted by Gasteiger charge is -2.05. The van der Waals surface area contributed by atoms with Crippen molar-refractivity contribution in [3.63, 3.8) is 0 Å². The van der Waals surface area contributed by atoms with Crippen molar-refractivity contribution < 1.29 is 13.0 Å². The van der Waals surface area contributed by atoms with Gasteiger partial charge in [0.25, 0.3) is 0 Å². The highest BCUT2D eigenvalue weighted by Crippen LogP contribution is 2.02. The average molecular weight is 248 g/mol. The maximum absolute atomic E-state index is 10.2. The molecule has 0 atom stereocenters. The quantitative estimate of drug-likeness (QED) is 0.584. The fourth-order valence-corrected chi connectivity index (χ4v) is 1.38. The summed E-state index contributed by atoms with van der Waals surface area (Å²) in [4.78, 5) is 0. The van der Waals surface area contributed by atoms with E-state index in [1.807, 2.05) is 0 Å². The Labute approximate surface area is 94.6 Å². The van der Waals surface area contributed by atoms with Crippen LogP contribution in [0.2, 0.25) is 0 Å². The molecular formula is C10H16O3S2. The molecule has 3 nitrogen and oxygen atoms in total. The van der Waals surface area contributed by atoms with Gasteiger partial charge in [0.05, 0.1) is 34.6 Å². The molecule has 0 heterocycles. The lowest BCUT2D eigenvalue weighted by Crippen LogP contribution is -2.01. The van der Waals surface area contributed by atoms with Crippen LogP contribution in [0.5, 0.6) is 0 Å². The van der Waals surface area contributed by atoms with Crippen molar-refractivity contribution in [1.29, 1.82) is 0 Å². The van der Waals surface area contributed by atoms with Gasteiger partial charge in [-0.2, -0.15) is 0 Å². The average Bonchev–Trinajstić information content (AvgIpc) is 2.01. The van der Waals surface area contributed by atoms with Gasteiger partial charge in [-0.1, -0.05) is 30.3 Å². The molecule has 0 amide bonds. The third-order valence-corrected chi connectivity index (χ3v) is 1.87. The minimum Gasteiger partial charge on any atom is -0.748 e. The Hall–Kier alpha value is -0.520. The molecule has 0 aromatic heterocycles. The van der Waals surface area contributed by atoms with E-state index in [1.165, 1.54) is 0 Å². The molecule has 0 saturated carbocycles. The first kappa shape index (κ1) is 14.5. The third-order valence-electron chi connectivity index (χ3n) is 1.19. The molecule has 0 aliphatic rings. The molecule has 15 heavy (non-hydrogen) atoms. The summed E-state index contributed by atoms with van der Waals surface area (Å²) in [6, 6.07) is 8.37. The number of rotatable bonds is 2. The van der Waals surface area contributed by atoms with E-state index in [2.05, 4.69) is 18.8 Å². The SMILES string of the molecule is C[S+](C)C.O=S(=O)([O-])Cc1ccccc1. The molecule has 86 valence electrons. The van der Waals surface area contributed by atoms with E-state index in [4.69, 9.17) is 0 Å². The molecule has 0 unspecified atom stereocenters. The van der Waals surface area contributed by atoms with Gasteiger partial charge in [0.15, 0.2) is 0 Å². The summed E-state index contributed by atoms with van der Waals surface area (Å²) >= 11 is 0. The molecule has 0 radical (unpaired) electrons. The molecule has 0 aliphatic heterocycles. The molecule has 1 aromatic rings. The second kappa shape index (κ2) is 6.87. The van der Waals surface area contributed by atoms with Crippen LogP contribution in [-0.2, 0) is 26.8 Å². The van der Waals surface area contributed by atoms with Gasteiger partial charge in [0.1, 0.15) is 0 Å². The minimum absolute atomic E-state index is 0.423. The lowest BCUT2D eigenvalue weighted by atomic mass is 10.2. The van der Waals surface area contributed by atoms with Crippen LogP contribution in [-0.4, -0.2) is 31.7 Å². The van der Waals surface area contributed by atoms with Crippen LogP contribution in [0.3, 0.4) is 0 Å². The summed E-state index contributed by atoms with van der Waals surface area (Å²) < 4.78 is 30.7. The second-order valence-electron chi connectivity index (χ2n) is 3.41. The summed E-state index contributed by atoms with van der Waals surface area (Å²) in [6.07, 6.45) is 6.58. The van der Waals surface area contributed by atoms with Gasteiger partial charge >= 0.3 is 0 Å². The van der Waals surface area contributed by atoms with Crippen LogP contribution in [0.15, 0.2) is 30.3 Å². The zero-order valence-corrected chi connectivity index (χ0v) is 10.8. The van der Waals surface area contributed by atoms with Crippen LogP contribution in [0.4, 0.5) is 0 Å². The van der Waals surface area contributed by atoms with Crippen LogP contribution < -0.4 is 0 Å². The molecule has 1 aromatic carbocycles.